The molecule has 0 heterocycles. The number of rotatable bonds is 26. The Labute approximate surface area is 212 Å². The van der Waals surface area contributed by atoms with E-state index < -0.39 is 7.82 Å². The van der Waals surface area contributed by atoms with Gasteiger partial charge in [0.1, 0.15) is 6.10 Å². The fourth-order valence-electron chi connectivity index (χ4n) is 3.76. The second-order valence-electron chi connectivity index (χ2n) is 9.14. The van der Waals surface area contributed by atoms with Crippen molar-refractivity contribution in [1.82, 2.24) is 0 Å². The van der Waals surface area contributed by atoms with Gasteiger partial charge in [0.25, 0.3) is 0 Å². The van der Waals surface area contributed by atoms with Crippen LogP contribution in [0.25, 0.3) is 0 Å². The summed E-state index contributed by atoms with van der Waals surface area (Å²) in [6.07, 6.45) is 19.7. The van der Waals surface area contributed by atoms with Crippen molar-refractivity contribution in [2.75, 3.05) is 38.9 Å². The Morgan fingerprint density at radius 3 is 1.88 bits per heavy atom. The van der Waals surface area contributed by atoms with Crippen LogP contribution in [0.2, 0.25) is 0 Å². The number of methoxy groups -OCH3 is 1. The van der Waals surface area contributed by atoms with E-state index in [1.807, 2.05) is 0 Å². The number of hydrogen-bond acceptors (Lipinski definition) is 5. The van der Waals surface area contributed by atoms with Crippen molar-refractivity contribution < 1.29 is 28.0 Å². The molecule has 0 saturated carbocycles. The Bertz CT molecular complexity index is 455. The van der Waals surface area contributed by atoms with Gasteiger partial charge in [-0.25, -0.2) is 4.57 Å². The van der Waals surface area contributed by atoms with Crippen molar-refractivity contribution in [2.45, 2.75) is 116 Å². The first-order valence-corrected chi connectivity index (χ1v) is 15.8. The molecular weight excluding hydrogens is 507 g/mol. The Morgan fingerprint density at radius 2 is 1.33 bits per heavy atom. The summed E-state index contributed by atoms with van der Waals surface area (Å²) in [5.41, 5.74) is 0. The van der Waals surface area contributed by atoms with Crippen LogP contribution in [-0.4, -0.2) is 49.9 Å². The molecule has 0 bridgehead atoms. The SMILES string of the molecule is CCCCCCCCCCCC(C)CCCCCCOCC(COP(=O)(O)OCCBr)OC. The summed E-state index contributed by atoms with van der Waals surface area (Å²) in [6.45, 7) is 5.76. The number of halogens is 1. The van der Waals surface area contributed by atoms with E-state index in [2.05, 4.69) is 29.8 Å². The lowest BCUT2D eigenvalue weighted by molar-refractivity contribution is -0.0218. The van der Waals surface area contributed by atoms with Crippen LogP contribution in [0.4, 0.5) is 0 Å². The lowest BCUT2D eigenvalue weighted by atomic mass is 9.96. The molecule has 3 atom stereocenters. The van der Waals surface area contributed by atoms with Gasteiger partial charge in [0.2, 0.25) is 0 Å². The number of alkyl halides is 1. The number of phosphoric ester groups is 1. The second kappa shape index (κ2) is 24.2. The van der Waals surface area contributed by atoms with Crippen LogP contribution in [0, 0.1) is 5.92 Å². The molecule has 0 aliphatic carbocycles. The van der Waals surface area contributed by atoms with E-state index in [-0.39, 0.29) is 19.3 Å². The maximum atomic E-state index is 11.7. The molecule has 0 amide bonds. The minimum Gasteiger partial charge on any atom is -0.379 e. The minimum atomic E-state index is -4.03. The Morgan fingerprint density at radius 1 is 0.788 bits per heavy atom. The average molecular weight is 560 g/mol. The molecule has 0 aromatic carbocycles. The van der Waals surface area contributed by atoms with Crippen LogP contribution < -0.4 is 0 Å². The number of unbranched alkanes of at least 4 members (excludes halogenated alkanes) is 11. The van der Waals surface area contributed by atoms with E-state index in [0.717, 1.165) is 12.3 Å². The van der Waals surface area contributed by atoms with Crippen LogP contribution in [0.3, 0.4) is 0 Å². The average Bonchev–Trinajstić information content (AvgIpc) is 2.80. The summed E-state index contributed by atoms with van der Waals surface area (Å²) in [5.74, 6) is 0.842. The highest BCUT2D eigenvalue weighted by Crippen LogP contribution is 2.43. The maximum Gasteiger partial charge on any atom is 0.472 e. The van der Waals surface area contributed by atoms with Crippen molar-refractivity contribution in [3.63, 3.8) is 0 Å². The Hall–Kier alpha value is 0.510. The molecule has 6 nitrogen and oxygen atoms in total. The quantitative estimate of drug-likeness (QED) is 0.0657. The molecule has 0 saturated heterocycles. The van der Waals surface area contributed by atoms with E-state index in [9.17, 15) is 9.46 Å². The lowest BCUT2D eigenvalue weighted by Gasteiger charge is -2.18. The molecule has 0 aliphatic heterocycles. The van der Waals surface area contributed by atoms with E-state index in [0.29, 0.717) is 18.5 Å². The van der Waals surface area contributed by atoms with Gasteiger partial charge in [-0.2, -0.15) is 0 Å². The first kappa shape index (κ1) is 33.5. The molecular formula is C25H52BrO6P. The van der Waals surface area contributed by atoms with E-state index in [1.165, 1.54) is 97.0 Å². The predicted molar refractivity (Wildman–Crippen MR) is 141 cm³/mol. The summed E-state index contributed by atoms with van der Waals surface area (Å²) < 4.78 is 32.3. The van der Waals surface area contributed by atoms with Crippen LogP contribution >= 0.6 is 23.8 Å². The molecule has 0 aromatic heterocycles. The highest BCUT2D eigenvalue weighted by molar-refractivity contribution is 9.09. The zero-order valence-corrected chi connectivity index (χ0v) is 24.1. The summed E-state index contributed by atoms with van der Waals surface area (Å²) in [5, 5.41) is 0.468. The van der Waals surface area contributed by atoms with Crippen molar-refractivity contribution in [3.05, 3.63) is 0 Å². The van der Waals surface area contributed by atoms with Gasteiger partial charge in [0, 0.05) is 19.0 Å². The van der Waals surface area contributed by atoms with Gasteiger partial charge in [-0.15, -0.1) is 0 Å². The van der Waals surface area contributed by atoms with Gasteiger partial charge in [-0.05, 0) is 12.3 Å². The second-order valence-corrected chi connectivity index (χ2v) is 11.4. The molecule has 200 valence electrons. The van der Waals surface area contributed by atoms with Crippen LogP contribution in [0.5, 0.6) is 0 Å². The normalized spacial score (nSPS) is 15.4. The number of ether oxygens (including phenoxy) is 2. The fourth-order valence-corrected chi connectivity index (χ4v) is 4.92. The fraction of sp³-hybridized carbons (Fsp3) is 1.00. The van der Waals surface area contributed by atoms with Crippen molar-refractivity contribution in [3.8, 4) is 0 Å². The number of phosphoric acid groups is 1. The minimum absolute atomic E-state index is 0.0383. The van der Waals surface area contributed by atoms with E-state index >= 15 is 0 Å². The Balaban J connectivity index is 3.50. The Kier molecular flexibility index (Phi) is 24.6. The van der Waals surface area contributed by atoms with Gasteiger partial charge in [0.15, 0.2) is 0 Å². The lowest BCUT2D eigenvalue weighted by Crippen LogP contribution is -2.24. The number of hydrogen-bond donors (Lipinski definition) is 1. The van der Waals surface area contributed by atoms with Crippen LogP contribution in [-0.2, 0) is 23.1 Å². The molecule has 0 rings (SSSR count). The van der Waals surface area contributed by atoms with Gasteiger partial charge < -0.3 is 14.4 Å². The van der Waals surface area contributed by atoms with E-state index in [4.69, 9.17) is 18.5 Å². The predicted octanol–water partition coefficient (Wildman–Crippen LogP) is 8.05. The van der Waals surface area contributed by atoms with Gasteiger partial charge in [0.05, 0.1) is 19.8 Å². The summed E-state index contributed by atoms with van der Waals surface area (Å²) in [6, 6.07) is 0. The highest BCUT2D eigenvalue weighted by Gasteiger charge is 2.23. The zero-order valence-electron chi connectivity index (χ0n) is 21.6. The standard InChI is InChI=1S/C25H52BrO6P/c1-4-5-6-7-8-9-10-11-14-17-24(2)18-15-12-13-16-20-30-22-25(29-3)23-32-33(27,28)31-21-19-26/h24-25H,4-23H2,1-3H3,(H,27,28). The molecule has 0 radical (unpaired) electrons. The third kappa shape index (κ3) is 24.0. The molecule has 0 aromatic rings. The van der Waals surface area contributed by atoms with Crippen molar-refractivity contribution >= 4 is 23.8 Å². The molecule has 3 unspecified atom stereocenters. The first-order valence-electron chi connectivity index (χ1n) is 13.2. The third-order valence-electron chi connectivity index (χ3n) is 5.93. The van der Waals surface area contributed by atoms with Crippen molar-refractivity contribution in [1.29, 1.82) is 0 Å². The molecule has 0 aliphatic rings. The van der Waals surface area contributed by atoms with Crippen molar-refractivity contribution in [2.24, 2.45) is 5.92 Å². The molecule has 8 heteroatoms. The van der Waals surface area contributed by atoms with Crippen LogP contribution in [0.15, 0.2) is 0 Å². The first-order chi connectivity index (χ1) is 15.9. The smallest absolute Gasteiger partial charge is 0.379 e. The van der Waals surface area contributed by atoms with Gasteiger partial charge in [-0.1, -0.05) is 120 Å². The molecule has 0 spiro atoms. The monoisotopic (exact) mass is 558 g/mol. The third-order valence-corrected chi connectivity index (χ3v) is 7.24. The maximum absolute atomic E-state index is 11.7. The van der Waals surface area contributed by atoms with Gasteiger partial charge >= 0.3 is 7.82 Å². The molecule has 33 heavy (non-hydrogen) atoms. The highest BCUT2D eigenvalue weighted by atomic mass is 79.9. The summed E-state index contributed by atoms with van der Waals surface area (Å²) >= 11 is 3.13. The van der Waals surface area contributed by atoms with Gasteiger partial charge in [-0.3, -0.25) is 9.05 Å². The van der Waals surface area contributed by atoms with E-state index in [1.54, 1.807) is 0 Å². The zero-order chi connectivity index (χ0) is 24.6. The summed E-state index contributed by atoms with van der Waals surface area (Å²) in [4.78, 5) is 9.53. The molecule has 0 fully saturated rings. The largest absolute Gasteiger partial charge is 0.472 e. The summed E-state index contributed by atoms with van der Waals surface area (Å²) in [7, 11) is -2.49. The molecule has 1 N–H and O–H groups in total. The topological polar surface area (TPSA) is 74.2 Å². The van der Waals surface area contributed by atoms with Crippen LogP contribution in [0.1, 0.15) is 110 Å².